The second kappa shape index (κ2) is 7.53. The van der Waals surface area contributed by atoms with Crippen LogP contribution in [0.15, 0.2) is 60.9 Å². The van der Waals surface area contributed by atoms with Crippen molar-refractivity contribution < 1.29 is 4.74 Å². The van der Waals surface area contributed by atoms with E-state index in [9.17, 15) is 0 Å². The van der Waals surface area contributed by atoms with Gasteiger partial charge in [-0.05, 0) is 31.2 Å². The summed E-state index contributed by atoms with van der Waals surface area (Å²) in [5, 5.41) is 3.23. The van der Waals surface area contributed by atoms with Crippen LogP contribution in [0.2, 0.25) is 0 Å². The highest BCUT2D eigenvalue weighted by atomic mass is 16.5. The average Bonchev–Trinajstić information content (AvgIpc) is 2.66. The van der Waals surface area contributed by atoms with Crippen LogP contribution in [0.4, 0.5) is 28.7 Å². The zero-order valence-electron chi connectivity index (χ0n) is 14.3. The number of rotatable bonds is 6. The van der Waals surface area contributed by atoms with E-state index >= 15 is 0 Å². The van der Waals surface area contributed by atoms with Gasteiger partial charge in [-0.2, -0.15) is 0 Å². The van der Waals surface area contributed by atoms with Crippen LogP contribution in [0.25, 0.3) is 0 Å². The molecule has 128 valence electrons. The summed E-state index contributed by atoms with van der Waals surface area (Å²) in [4.78, 5) is 10.7. The Morgan fingerprint density at radius 1 is 1.04 bits per heavy atom. The van der Waals surface area contributed by atoms with Gasteiger partial charge in [0.15, 0.2) is 11.6 Å². The largest absolute Gasteiger partial charge is 0.495 e. The fourth-order valence-corrected chi connectivity index (χ4v) is 2.64. The second-order valence-electron chi connectivity index (χ2n) is 5.36. The van der Waals surface area contributed by atoms with E-state index in [-0.39, 0.29) is 0 Å². The first kappa shape index (κ1) is 16.6. The molecular formula is C19H21N5O. The fraction of sp³-hybridized carbons (Fsp3) is 0.158. The Morgan fingerprint density at radius 2 is 1.76 bits per heavy atom. The number of para-hydroxylation sites is 3. The number of hydrogen-bond donors (Lipinski definition) is 2. The van der Waals surface area contributed by atoms with Crippen LogP contribution < -0.4 is 20.7 Å². The normalized spacial score (nSPS) is 10.3. The molecule has 0 aliphatic heterocycles. The van der Waals surface area contributed by atoms with Crippen LogP contribution in [0.3, 0.4) is 0 Å². The number of hydrogen-bond acceptors (Lipinski definition) is 6. The highest BCUT2D eigenvalue weighted by molar-refractivity contribution is 5.82. The summed E-state index contributed by atoms with van der Waals surface area (Å²) in [7, 11) is 1.63. The highest BCUT2D eigenvalue weighted by Crippen LogP contribution is 2.34. The van der Waals surface area contributed by atoms with E-state index in [1.807, 2.05) is 59.5 Å². The number of anilines is 5. The van der Waals surface area contributed by atoms with Crippen molar-refractivity contribution >= 4 is 28.7 Å². The molecule has 0 spiro atoms. The van der Waals surface area contributed by atoms with Crippen LogP contribution in [-0.4, -0.2) is 23.6 Å². The molecule has 3 aromatic rings. The van der Waals surface area contributed by atoms with Gasteiger partial charge in [-0.1, -0.05) is 30.3 Å². The molecule has 0 aliphatic carbocycles. The molecule has 6 nitrogen and oxygen atoms in total. The zero-order valence-corrected chi connectivity index (χ0v) is 14.3. The molecule has 1 heterocycles. The Kier molecular flexibility index (Phi) is 4.99. The summed E-state index contributed by atoms with van der Waals surface area (Å²) in [6.07, 6.45) is 1.51. The lowest BCUT2D eigenvalue weighted by atomic mass is 10.2. The Labute approximate surface area is 147 Å². The minimum absolute atomic E-state index is 0.485. The van der Waals surface area contributed by atoms with Crippen molar-refractivity contribution in [1.82, 2.24) is 9.97 Å². The number of ether oxygens (including phenoxy) is 1. The molecule has 1 aromatic heterocycles. The number of benzene rings is 2. The van der Waals surface area contributed by atoms with E-state index < -0.39 is 0 Å². The molecule has 3 rings (SSSR count). The maximum atomic E-state index is 6.37. The summed E-state index contributed by atoms with van der Waals surface area (Å²) in [6, 6.07) is 17.6. The van der Waals surface area contributed by atoms with Gasteiger partial charge < -0.3 is 20.7 Å². The molecule has 3 N–H and O–H groups in total. The molecule has 0 amide bonds. The molecule has 0 radical (unpaired) electrons. The number of nitrogens with zero attached hydrogens (tertiary/aromatic N) is 3. The molecule has 0 unspecified atom stereocenters. The fourth-order valence-electron chi connectivity index (χ4n) is 2.64. The first-order valence-electron chi connectivity index (χ1n) is 8.07. The number of nitrogens with one attached hydrogen (secondary N) is 1. The molecular weight excluding hydrogens is 314 g/mol. The first-order chi connectivity index (χ1) is 12.2. The van der Waals surface area contributed by atoms with Gasteiger partial charge in [0.1, 0.15) is 17.8 Å². The minimum atomic E-state index is 0.485. The van der Waals surface area contributed by atoms with Crippen LogP contribution in [0.5, 0.6) is 5.75 Å². The van der Waals surface area contributed by atoms with Crippen molar-refractivity contribution in [2.24, 2.45) is 0 Å². The van der Waals surface area contributed by atoms with Gasteiger partial charge in [-0.25, -0.2) is 9.97 Å². The van der Waals surface area contributed by atoms with Crippen LogP contribution in [-0.2, 0) is 0 Å². The lowest BCUT2D eigenvalue weighted by Gasteiger charge is -2.24. The molecule has 0 atom stereocenters. The number of aromatic nitrogens is 2. The van der Waals surface area contributed by atoms with E-state index in [0.29, 0.717) is 17.3 Å². The molecule has 0 saturated heterocycles. The third kappa shape index (κ3) is 3.47. The maximum absolute atomic E-state index is 6.37. The van der Waals surface area contributed by atoms with E-state index in [0.717, 1.165) is 23.7 Å². The smallest absolute Gasteiger partial charge is 0.161 e. The monoisotopic (exact) mass is 335 g/mol. The highest BCUT2D eigenvalue weighted by Gasteiger charge is 2.16. The van der Waals surface area contributed by atoms with Crippen molar-refractivity contribution in [3.8, 4) is 5.75 Å². The van der Waals surface area contributed by atoms with E-state index in [2.05, 4.69) is 22.2 Å². The number of methoxy groups -OCH3 is 1. The first-order valence-corrected chi connectivity index (χ1v) is 8.07. The summed E-state index contributed by atoms with van der Waals surface area (Å²) in [5.41, 5.74) is 8.67. The third-order valence-electron chi connectivity index (χ3n) is 3.86. The molecule has 2 aromatic carbocycles. The zero-order chi connectivity index (χ0) is 17.6. The van der Waals surface area contributed by atoms with Gasteiger partial charge >= 0.3 is 0 Å². The quantitative estimate of drug-likeness (QED) is 0.710. The van der Waals surface area contributed by atoms with Crippen molar-refractivity contribution in [2.45, 2.75) is 6.92 Å². The molecule has 0 saturated carbocycles. The third-order valence-corrected chi connectivity index (χ3v) is 3.86. The molecule has 6 heteroatoms. The minimum Gasteiger partial charge on any atom is -0.495 e. The summed E-state index contributed by atoms with van der Waals surface area (Å²) >= 11 is 0. The van der Waals surface area contributed by atoms with Gasteiger partial charge in [0.25, 0.3) is 0 Å². The summed E-state index contributed by atoms with van der Waals surface area (Å²) in [5.74, 6) is 1.93. The van der Waals surface area contributed by atoms with E-state index in [1.54, 1.807) is 7.11 Å². The van der Waals surface area contributed by atoms with Gasteiger partial charge in [0, 0.05) is 12.2 Å². The molecule has 0 bridgehead atoms. The average molecular weight is 335 g/mol. The van der Waals surface area contributed by atoms with Crippen molar-refractivity contribution in [3.05, 3.63) is 60.9 Å². The van der Waals surface area contributed by atoms with Gasteiger partial charge in [0.2, 0.25) is 0 Å². The van der Waals surface area contributed by atoms with Gasteiger partial charge in [0.05, 0.1) is 12.8 Å². The van der Waals surface area contributed by atoms with Crippen molar-refractivity contribution in [2.75, 3.05) is 29.6 Å². The second-order valence-corrected chi connectivity index (χ2v) is 5.36. The van der Waals surface area contributed by atoms with E-state index in [4.69, 9.17) is 10.5 Å². The lowest BCUT2D eigenvalue weighted by molar-refractivity contribution is 0.417. The SMILES string of the molecule is CCN(c1ccccc1)c1ncnc(Nc2ccccc2OC)c1N. The standard InChI is InChI=1S/C19H21N5O/c1-3-24(14-9-5-4-6-10-14)19-17(20)18(21-13-22-19)23-15-11-7-8-12-16(15)25-2/h4-13H,3,20H2,1-2H3,(H,21,22,23). The Balaban J connectivity index is 1.97. The Bertz CT molecular complexity index is 838. The summed E-state index contributed by atoms with van der Waals surface area (Å²) in [6.45, 7) is 2.79. The van der Waals surface area contributed by atoms with Crippen LogP contribution in [0.1, 0.15) is 6.92 Å². The maximum Gasteiger partial charge on any atom is 0.161 e. The Morgan fingerprint density at radius 3 is 2.48 bits per heavy atom. The Hall–Kier alpha value is -3.28. The van der Waals surface area contributed by atoms with Crippen LogP contribution in [0, 0.1) is 0 Å². The lowest BCUT2D eigenvalue weighted by Crippen LogP contribution is -2.19. The number of nitrogens with two attached hydrogens (primary N) is 1. The van der Waals surface area contributed by atoms with E-state index in [1.165, 1.54) is 6.33 Å². The topological polar surface area (TPSA) is 76.3 Å². The van der Waals surface area contributed by atoms with Gasteiger partial charge in [-0.3, -0.25) is 0 Å². The van der Waals surface area contributed by atoms with Crippen LogP contribution >= 0.6 is 0 Å². The van der Waals surface area contributed by atoms with Crippen molar-refractivity contribution in [3.63, 3.8) is 0 Å². The molecule has 0 fully saturated rings. The molecule has 25 heavy (non-hydrogen) atoms. The number of nitrogen functional groups attached to an aromatic ring is 1. The van der Waals surface area contributed by atoms with Gasteiger partial charge in [-0.15, -0.1) is 0 Å². The predicted octanol–water partition coefficient (Wildman–Crippen LogP) is 3.97. The van der Waals surface area contributed by atoms with Crippen molar-refractivity contribution in [1.29, 1.82) is 0 Å². The summed E-state index contributed by atoms with van der Waals surface area (Å²) < 4.78 is 5.37. The predicted molar refractivity (Wildman–Crippen MR) is 102 cm³/mol. The molecule has 0 aliphatic rings.